The SMILES string of the molecule is COc1ccc(-c2nc(C#N)c(NN)o2)cc1. The van der Waals surface area contributed by atoms with Crippen molar-refractivity contribution in [3.05, 3.63) is 30.0 Å². The highest BCUT2D eigenvalue weighted by molar-refractivity contribution is 5.59. The summed E-state index contributed by atoms with van der Waals surface area (Å²) in [7, 11) is 1.59. The van der Waals surface area contributed by atoms with Crippen LogP contribution in [0.4, 0.5) is 5.88 Å². The molecule has 6 nitrogen and oxygen atoms in total. The monoisotopic (exact) mass is 230 g/mol. The number of aromatic nitrogens is 1. The minimum Gasteiger partial charge on any atom is -0.497 e. The first-order valence-corrected chi connectivity index (χ1v) is 4.80. The molecule has 1 aromatic heterocycles. The highest BCUT2D eigenvalue weighted by Gasteiger charge is 2.13. The lowest BCUT2D eigenvalue weighted by Gasteiger charge is -1.99. The van der Waals surface area contributed by atoms with Crippen molar-refractivity contribution in [2.24, 2.45) is 5.84 Å². The number of methoxy groups -OCH3 is 1. The zero-order chi connectivity index (χ0) is 12.3. The first-order valence-electron chi connectivity index (χ1n) is 4.80. The lowest BCUT2D eigenvalue weighted by molar-refractivity contribution is 0.415. The Labute approximate surface area is 97.6 Å². The summed E-state index contributed by atoms with van der Waals surface area (Å²) in [5.41, 5.74) is 3.15. The molecule has 0 aliphatic carbocycles. The average Bonchev–Trinajstić information content (AvgIpc) is 2.82. The second-order valence-corrected chi connectivity index (χ2v) is 3.18. The van der Waals surface area contributed by atoms with Crippen LogP contribution in [0.3, 0.4) is 0 Å². The molecule has 86 valence electrons. The first kappa shape index (κ1) is 11.0. The molecule has 0 radical (unpaired) electrons. The molecule has 0 bridgehead atoms. The second kappa shape index (κ2) is 4.55. The van der Waals surface area contributed by atoms with E-state index in [1.54, 1.807) is 31.4 Å². The van der Waals surface area contributed by atoms with Gasteiger partial charge >= 0.3 is 0 Å². The summed E-state index contributed by atoms with van der Waals surface area (Å²) in [6, 6.07) is 9.01. The van der Waals surface area contributed by atoms with Crippen LogP contribution in [0.25, 0.3) is 11.5 Å². The standard InChI is InChI=1S/C11H10N4O2/c1-16-8-4-2-7(3-5-8)10-14-9(6-12)11(15-13)17-10/h2-5,15H,13H2,1H3. The summed E-state index contributed by atoms with van der Waals surface area (Å²) in [4.78, 5) is 4.01. The van der Waals surface area contributed by atoms with Gasteiger partial charge in [0.2, 0.25) is 17.5 Å². The minimum absolute atomic E-state index is 0.123. The molecule has 0 saturated carbocycles. The molecule has 1 aromatic carbocycles. The molecule has 0 atom stereocenters. The first-order chi connectivity index (χ1) is 8.28. The lowest BCUT2D eigenvalue weighted by Crippen LogP contribution is -2.06. The maximum Gasteiger partial charge on any atom is 0.246 e. The largest absolute Gasteiger partial charge is 0.497 e. The molecule has 0 amide bonds. The number of anilines is 1. The Morgan fingerprint density at radius 1 is 1.41 bits per heavy atom. The van der Waals surface area contributed by atoms with Crippen molar-refractivity contribution >= 4 is 5.88 Å². The third-order valence-electron chi connectivity index (χ3n) is 2.20. The Bertz CT molecular complexity index is 554. The van der Waals surface area contributed by atoms with Gasteiger partial charge in [0.1, 0.15) is 11.8 Å². The lowest BCUT2D eigenvalue weighted by atomic mass is 10.2. The quantitative estimate of drug-likeness (QED) is 0.612. The Morgan fingerprint density at radius 3 is 2.59 bits per heavy atom. The number of benzene rings is 1. The van der Waals surface area contributed by atoms with Crippen molar-refractivity contribution in [2.45, 2.75) is 0 Å². The molecule has 0 fully saturated rings. The second-order valence-electron chi connectivity index (χ2n) is 3.18. The number of hydrazine groups is 1. The van der Waals surface area contributed by atoms with E-state index in [9.17, 15) is 0 Å². The van der Waals surface area contributed by atoms with Crippen LogP contribution in [-0.2, 0) is 0 Å². The minimum atomic E-state index is 0.123. The molecule has 0 saturated heterocycles. The zero-order valence-electron chi connectivity index (χ0n) is 9.10. The molecular weight excluding hydrogens is 220 g/mol. The predicted octanol–water partition coefficient (Wildman–Crippen LogP) is 1.51. The van der Waals surface area contributed by atoms with Gasteiger partial charge in [0, 0.05) is 5.56 Å². The highest BCUT2D eigenvalue weighted by atomic mass is 16.5. The van der Waals surface area contributed by atoms with Gasteiger partial charge in [0.15, 0.2) is 0 Å². The van der Waals surface area contributed by atoms with Crippen LogP contribution in [-0.4, -0.2) is 12.1 Å². The number of rotatable bonds is 3. The van der Waals surface area contributed by atoms with Gasteiger partial charge in [-0.1, -0.05) is 0 Å². The van der Waals surface area contributed by atoms with Gasteiger partial charge in [0.05, 0.1) is 7.11 Å². The molecule has 0 aliphatic rings. The molecule has 6 heteroatoms. The molecule has 1 heterocycles. The van der Waals surface area contributed by atoms with Crippen LogP contribution in [0, 0.1) is 11.3 Å². The summed E-state index contributed by atoms with van der Waals surface area (Å²) in [5, 5.41) is 8.80. The molecule has 0 unspecified atom stereocenters. The van der Waals surface area contributed by atoms with E-state index in [2.05, 4.69) is 10.4 Å². The Hall–Kier alpha value is -2.52. The smallest absolute Gasteiger partial charge is 0.246 e. The van der Waals surface area contributed by atoms with Gasteiger partial charge in [-0.25, -0.2) is 5.84 Å². The van der Waals surface area contributed by atoms with Crippen molar-refractivity contribution in [1.29, 1.82) is 5.26 Å². The van der Waals surface area contributed by atoms with Gasteiger partial charge in [-0.2, -0.15) is 10.2 Å². The fraction of sp³-hybridized carbons (Fsp3) is 0.0909. The zero-order valence-corrected chi connectivity index (χ0v) is 9.10. The van der Waals surface area contributed by atoms with Crippen LogP contribution < -0.4 is 16.0 Å². The normalized spacial score (nSPS) is 9.71. The number of nitrogens with one attached hydrogen (secondary N) is 1. The van der Waals surface area contributed by atoms with Gasteiger partial charge in [-0.15, -0.1) is 0 Å². The number of nitrogens with zero attached hydrogens (tertiary/aromatic N) is 2. The number of ether oxygens (including phenoxy) is 1. The average molecular weight is 230 g/mol. The molecule has 0 spiro atoms. The van der Waals surface area contributed by atoms with Crippen molar-refractivity contribution in [3.63, 3.8) is 0 Å². The van der Waals surface area contributed by atoms with E-state index in [-0.39, 0.29) is 11.6 Å². The van der Waals surface area contributed by atoms with E-state index in [4.69, 9.17) is 20.3 Å². The number of nitrogen functional groups attached to an aromatic ring is 1. The third-order valence-corrected chi connectivity index (χ3v) is 2.20. The maximum atomic E-state index is 8.80. The molecule has 3 N–H and O–H groups in total. The topological polar surface area (TPSA) is 97.1 Å². The van der Waals surface area contributed by atoms with Gasteiger partial charge in [-0.3, -0.25) is 5.43 Å². The van der Waals surface area contributed by atoms with Crippen LogP contribution in [0.2, 0.25) is 0 Å². The van der Waals surface area contributed by atoms with Gasteiger partial charge in [0.25, 0.3) is 0 Å². The fourth-order valence-corrected chi connectivity index (χ4v) is 1.35. The van der Waals surface area contributed by atoms with E-state index >= 15 is 0 Å². The number of hydrogen-bond donors (Lipinski definition) is 2. The van der Waals surface area contributed by atoms with Crippen LogP contribution in [0.5, 0.6) is 5.75 Å². The van der Waals surface area contributed by atoms with E-state index in [1.807, 2.05) is 6.07 Å². The van der Waals surface area contributed by atoms with Gasteiger partial charge < -0.3 is 9.15 Å². The molecule has 2 aromatic rings. The highest BCUT2D eigenvalue weighted by Crippen LogP contribution is 2.26. The summed E-state index contributed by atoms with van der Waals surface area (Å²) in [6.45, 7) is 0. The predicted molar refractivity (Wildman–Crippen MR) is 61.0 cm³/mol. The molecular formula is C11H10N4O2. The Kier molecular flexibility index (Phi) is 2.94. The summed E-state index contributed by atoms with van der Waals surface area (Å²) < 4.78 is 10.3. The van der Waals surface area contributed by atoms with Crippen molar-refractivity contribution < 1.29 is 9.15 Å². The van der Waals surface area contributed by atoms with Crippen molar-refractivity contribution in [3.8, 4) is 23.3 Å². The fourth-order valence-electron chi connectivity index (χ4n) is 1.35. The van der Waals surface area contributed by atoms with Gasteiger partial charge in [-0.05, 0) is 24.3 Å². The maximum absolute atomic E-state index is 8.80. The van der Waals surface area contributed by atoms with E-state index in [1.165, 1.54) is 0 Å². The summed E-state index contributed by atoms with van der Waals surface area (Å²) >= 11 is 0. The van der Waals surface area contributed by atoms with Crippen LogP contribution >= 0.6 is 0 Å². The van der Waals surface area contributed by atoms with Crippen LogP contribution in [0.15, 0.2) is 28.7 Å². The molecule has 17 heavy (non-hydrogen) atoms. The Morgan fingerprint density at radius 2 is 2.12 bits per heavy atom. The van der Waals surface area contributed by atoms with Crippen molar-refractivity contribution in [2.75, 3.05) is 12.5 Å². The number of nitrogens with two attached hydrogens (primary N) is 1. The number of hydrogen-bond acceptors (Lipinski definition) is 6. The summed E-state index contributed by atoms with van der Waals surface area (Å²) in [6.07, 6.45) is 0. The summed E-state index contributed by atoms with van der Waals surface area (Å²) in [5.74, 6) is 6.42. The number of nitriles is 1. The van der Waals surface area contributed by atoms with E-state index in [0.29, 0.717) is 5.89 Å². The number of oxazole rings is 1. The van der Waals surface area contributed by atoms with Crippen molar-refractivity contribution in [1.82, 2.24) is 4.98 Å². The van der Waals surface area contributed by atoms with E-state index < -0.39 is 0 Å². The van der Waals surface area contributed by atoms with Crippen LogP contribution in [0.1, 0.15) is 5.69 Å². The van der Waals surface area contributed by atoms with E-state index in [0.717, 1.165) is 11.3 Å². The molecule has 0 aliphatic heterocycles. The third kappa shape index (κ3) is 2.04. The Balaban J connectivity index is 2.39. The molecule has 2 rings (SSSR count).